The van der Waals surface area contributed by atoms with Crippen molar-refractivity contribution in [2.24, 2.45) is 0 Å². The standard InChI is InChI=1S/C16H14N2OS2/c1-19-14-9-5-6-12(10-14)11-20-16-17-15(18-21-16)13-7-3-2-4-8-13/h2-10H,11H2,1H3. The van der Waals surface area contributed by atoms with E-state index in [2.05, 4.69) is 15.4 Å². The first-order chi connectivity index (χ1) is 10.3. The SMILES string of the molecule is COc1cccc(CSc2nc(-c3ccccc3)ns2)c1. The van der Waals surface area contributed by atoms with E-state index in [9.17, 15) is 0 Å². The Bertz CT molecular complexity index is 713. The molecule has 0 bridgehead atoms. The molecule has 0 amide bonds. The molecule has 0 aliphatic heterocycles. The van der Waals surface area contributed by atoms with Crippen LogP contribution in [-0.4, -0.2) is 16.5 Å². The molecule has 0 spiro atoms. The molecule has 0 atom stereocenters. The Morgan fingerprint density at radius 3 is 2.76 bits per heavy atom. The van der Waals surface area contributed by atoms with Gasteiger partial charge in [0.1, 0.15) is 5.75 Å². The number of benzene rings is 2. The highest BCUT2D eigenvalue weighted by Gasteiger charge is 2.07. The molecule has 0 N–H and O–H groups in total. The summed E-state index contributed by atoms with van der Waals surface area (Å²) in [6.45, 7) is 0. The molecule has 3 rings (SSSR count). The van der Waals surface area contributed by atoms with Gasteiger partial charge in [0.05, 0.1) is 7.11 Å². The van der Waals surface area contributed by atoms with Crippen LogP contribution < -0.4 is 4.74 Å². The second-order valence-corrected chi connectivity index (χ2v) is 6.36. The number of nitrogens with zero attached hydrogens (tertiary/aromatic N) is 2. The highest BCUT2D eigenvalue weighted by molar-refractivity contribution is 8.00. The molecular weight excluding hydrogens is 300 g/mol. The normalized spacial score (nSPS) is 10.5. The molecule has 3 nitrogen and oxygen atoms in total. The van der Waals surface area contributed by atoms with Gasteiger partial charge in [-0.1, -0.05) is 54.2 Å². The van der Waals surface area contributed by atoms with Crippen molar-refractivity contribution in [2.45, 2.75) is 10.1 Å². The van der Waals surface area contributed by atoms with Gasteiger partial charge in [-0.15, -0.1) is 0 Å². The Morgan fingerprint density at radius 1 is 1.10 bits per heavy atom. The summed E-state index contributed by atoms with van der Waals surface area (Å²) in [5.74, 6) is 2.55. The topological polar surface area (TPSA) is 35.0 Å². The fourth-order valence-electron chi connectivity index (χ4n) is 1.88. The van der Waals surface area contributed by atoms with Crippen molar-refractivity contribution >= 4 is 23.3 Å². The number of methoxy groups -OCH3 is 1. The second-order valence-electron chi connectivity index (χ2n) is 4.39. The van der Waals surface area contributed by atoms with E-state index in [4.69, 9.17) is 4.74 Å². The van der Waals surface area contributed by atoms with Crippen LogP contribution in [0.4, 0.5) is 0 Å². The average Bonchev–Trinajstić information content (AvgIpc) is 3.03. The minimum Gasteiger partial charge on any atom is -0.497 e. The smallest absolute Gasteiger partial charge is 0.174 e. The summed E-state index contributed by atoms with van der Waals surface area (Å²) in [5.41, 5.74) is 2.28. The molecule has 1 heterocycles. The molecule has 1 aromatic heterocycles. The molecule has 0 saturated heterocycles. The van der Waals surface area contributed by atoms with E-state index in [-0.39, 0.29) is 0 Å². The quantitative estimate of drug-likeness (QED) is 0.649. The molecule has 0 fully saturated rings. The van der Waals surface area contributed by atoms with Crippen LogP contribution in [0.1, 0.15) is 5.56 Å². The third-order valence-corrected chi connectivity index (χ3v) is 4.84. The van der Waals surface area contributed by atoms with Crippen molar-refractivity contribution in [3.63, 3.8) is 0 Å². The zero-order valence-electron chi connectivity index (χ0n) is 11.5. The first-order valence-corrected chi connectivity index (χ1v) is 8.26. The Labute approximate surface area is 132 Å². The lowest BCUT2D eigenvalue weighted by Crippen LogP contribution is -1.85. The van der Waals surface area contributed by atoms with E-state index in [0.717, 1.165) is 27.2 Å². The van der Waals surface area contributed by atoms with Crippen LogP contribution in [0.25, 0.3) is 11.4 Å². The average molecular weight is 314 g/mol. The van der Waals surface area contributed by atoms with Gasteiger partial charge in [-0.3, -0.25) is 0 Å². The maximum absolute atomic E-state index is 5.23. The van der Waals surface area contributed by atoms with Crippen LogP contribution in [0, 0.1) is 0 Å². The lowest BCUT2D eigenvalue weighted by Gasteiger charge is -2.02. The van der Waals surface area contributed by atoms with E-state index in [1.54, 1.807) is 18.9 Å². The largest absolute Gasteiger partial charge is 0.497 e. The molecular formula is C16H14N2OS2. The highest BCUT2D eigenvalue weighted by atomic mass is 32.2. The van der Waals surface area contributed by atoms with Gasteiger partial charge in [0.15, 0.2) is 10.2 Å². The number of thioether (sulfide) groups is 1. The summed E-state index contributed by atoms with van der Waals surface area (Å²) in [5, 5.41) is 0. The van der Waals surface area contributed by atoms with Crippen LogP contribution in [0.3, 0.4) is 0 Å². The monoisotopic (exact) mass is 314 g/mol. The number of hydrogen-bond donors (Lipinski definition) is 0. The molecule has 0 aliphatic carbocycles. The fourth-order valence-corrected chi connectivity index (χ4v) is 3.44. The predicted molar refractivity (Wildman–Crippen MR) is 87.9 cm³/mol. The molecule has 0 radical (unpaired) electrons. The maximum Gasteiger partial charge on any atom is 0.174 e. The molecule has 0 saturated carbocycles. The number of aromatic nitrogens is 2. The molecule has 0 unspecified atom stereocenters. The van der Waals surface area contributed by atoms with Gasteiger partial charge in [0.2, 0.25) is 0 Å². The maximum atomic E-state index is 5.23. The van der Waals surface area contributed by atoms with Gasteiger partial charge in [-0.05, 0) is 29.2 Å². The molecule has 3 aromatic rings. The third kappa shape index (κ3) is 3.62. The van der Waals surface area contributed by atoms with Gasteiger partial charge in [0.25, 0.3) is 0 Å². The number of hydrogen-bond acceptors (Lipinski definition) is 5. The Hall–Kier alpha value is -1.85. The Kier molecular flexibility index (Phi) is 4.52. The summed E-state index contributed by atoms with van der Waals surface area (Å²) in [4.78, 5) is 4.58. The van der Waals surface area contributed by atoms with Crippen molar-refractivity contribution < 1.29 is 4.74 Å². The second kappa shape index (κ2) is 6.74. The minimum atomic E-state index is 0.800. The zero-order valence-corrected chi connectivity index (χ0v) is 13.2. The Morgan fingerprint density at radius 2 is 1.95 bits per heavy atom. The molecule has 2 aromatic carbocycles. The van der Waals surface area contributed by atoms with E-state index < -0.39 is 0 Å². The highest BCUT2D eigenvalue weighted by Crippen LogP contribution is 2.28. The van der Waals surface area contributed by atoms with Gasteiger partial charge >= 0.3 is 0 Å². The van der Waals surface area contributed by atoms with Crippen molar-refractivity contribution in [2.75, 3.05) is 7.11 Å². The number of rotatable bonds is 5. The van der Waals surface area contributed by atoms with E-state index in [1.807, 2.05) is 48.5 Å². The van der Waals surface area contributed by atoms with Gasteiger partial charge < -0.3 is 4.74 Å². The van der Waals surface area contributed by atoms with Crippen LogP contribution in [0.2, 0.25) is 0 Å². The van der Waals surface area contributed by atoms with Crippen LogP contribution >= 0.6 is 23.3 Å². The molecule has 5 heteroatoms. The Balaban J connectivity index is 1.67. The van der Waals surface area contributed by atoms with Crippen molar-refractivity contribution in [1.29, 1.82) is 0 Å². The minimum absolute atomic E-state index is 0.800. The lowest BCUT2D eigenvalue weighted by atomic mass is 10.2. The fraction of sp³-hybridized carbons (Fsp3) is 0.125. The van der Waals surface area contributed by atoms with Crippen LogP contribution in [-0.2, 0) is 5.75 Å². The van der Waals surface area contributed by atoms with E-state index in [0.29, 0.717) is 0 Å². The summed E-state index contributed by atoms with van der Waals surface area (Å²) < 4.78 is 10.6. The van der Waals surface area contributed by atoms with Crippen molar-refractivity contribution in [3.8, 4) is 17.1 Å². The van der Waals surface area contributed by atoms with Gasteiger partial charge in [0, 0.05) is 11.3 Å². The summed E-state index contributed by atoms with van der Waals surface area (Å²) in [6.07, 6.45) is 0. The van der Waals surface area contributed by atoms with Crippen LogP contribution in [0.15, 0.2) is 58.9 Å². The first-order valence-electron chi connectivity index (χ1n) is 6.50. The molecule has 21 heavy (non-hydrogen) atoms. The van der Waals surface area contributed by atoms with Crippen molar-refractivity contribution in [3.05, 3.63) is 60.2 Å². The predicted octanol–water partition coefficient (Wildman–Crippen LogP) is 4.51. The zero-order chi connectivity index (χ0) is 14.5. The molecule has 106 valence electrons. The van der Waals surface area contributed by atoms with Gasteiger partial charge in [-0.2, -0.15) is 4.37 Å². The third-order valence-electron chi connectivity index (χ3n) is 2.94. The van der Waals surface area contributed by atoms with Crippen molar-refractivity contribution in [1.82, 2.24) is 9.36 Å². The summed E-state index contributed by atoms with van der Waals surface area (Å²) in [7, 11) is 1.68. The summed E-state index contributed by atoms with van der Waals surface area (Å²) >= 11 is 3.14. The van der Waals surface area contributed by atoms with Gasteiger partial charge in [-0.25, -0.2) is 4.98 Å². The first kappa shape index (κ1) is 14.1. The summed E-state index contributed by atoms with van der Waals surface area (Å²) in [6, 6.07) is 18.1. The lowest BCUT2D eigenvalue weighted by molar-refractivity contribution is 0.414. The van der Waals surface area contributed by atoms with Crippen LogP contribution in [0.5, 0.6) is 5.75 Å². The van der Waals surface area contributed by atoms with E-state index >= 15 is 0 Å². The number of ether oxygens (including phenoxy) is 1. The molecule has 0 aliphatic rings. The van der Waals surface area contributed by atoms with E-state index in [1.165, 1.54) is 17.1 Å².